The Morgan fingerprint density at radius 1 is 1.00 bits per heavy atom. The molecule has 1 amide bonds. The van der Waals surface area contributed by atoms with Crippen LogP contribution in [-0.4, -0.2) is 31.4 Å². The van der Waals surface area contributed by atoms with Crippen molar-refractivity contribution in [2.24, 2.45) is 16.5 Å². The van der Waals surface area contributed by atoms with E-state index < -0.39 is 40.2 Å². The molecule has 0 aromatic heterocycles. The Kier molecular flexibility index (Phi) is 7.66. The number of sulfonamides is 1. The minimum atomic E-state index is -4.05. The van der Waals surface area contributed by atoms with Crippen molar-refractivity contribution >= 4 is 39.2 Å². The Labute approximate surface area is 200 Å². The third kappa shape index (κ3) is 7.01. The molecule has 3 aromatic carbocycles. The summed E-state index contributed by atoms with van der Waals surface area (Å²) in [6.07, 6.45) is -0.469. The molecule has 0 saturated carbocycles. The van der Waals surface area contributed by atoms with E-state index in [1.165, 1.54) is 54.6 Å². The van der Waals surface area contributed by atoms with Gasteiger partial charge < -0.3 is 21.9 Å². The van der Waals surface area contributed by atoms with E-state index >= 15 is 0 Å². The largest absolute Gasteiger partial charge is 0.481 e. The lowest BCUT2D eigenvalue weighted by Gasteiger charge is -2.19. The molecule has 0 aliphatic heterocycles. The Morgan fingerprint density at radius 2 is 1.69 bits per heavy atom. The van der Waals surface area contributed by atoms with Crippen molar-refractivity contribution in [3.8, 4) is 0 Å². The van der Waals surface area contributed by atoms with Crippen molar-refractivity contribution in [2.75, 3.05) is 4.72 Å². The number of carbonyl (C=O) groups excluding carboxylic acids is 1. The summed E-state index contributed by atoms with van der Waals surface area (Å²) in [7, 11) is -4.05. The topological polar surface area (TPSA) is 177 Å². The normalized spacial score (nSPS) is 11.8. The predicted molar refractivity (Wildman–Crippen MR) is 128 cm³/mol. The SMILES string of the molecule is NC(N)=Nc1cccc(S(=O)(=O)Nc2cccc(C(CC(=O)O)NC(=O)c3ccc(F)cc3)c2)c1. The first-order valence-corrected chi connectivity index (χ1v) is 11.6. The second-order valence-electron chi connectivity index (χ2n) is 7.40. The highest BCUT2D eigenvalue weighted by atomic mass is 32.2. The van der Waals surface area contributed by atoms with E-state index in [-0.39, 0.29) is 27.8 Å². The predicted octanol–water partition coefficient (Wildman–Crippen LogP) is 2.48. The van der Waals surface area contributed by atoms with Crippen molar-refractivity contribution in [3.05, 3.63) is 89.7 Å². The summed E-state index contributed by atoms with van der Waals surface area (Å²) in [6, 6.07) is 15.4. The number of aliphatic carboxylic acids is 1. The van der Waals surface area contributed by atoms with Gasteiger partial charge in [-0.25, -0.2) is 17.8 Å². The highest BCUT2D eigenvalue weighted by Crippen LogP contribution is 2.25. The number of anilines is 1. The number of carboxylic acids is 1. The maximum atomic E-state index is 13.1. The van der Waals surface area contributed by atoms with E-state index in [0.29, 0.717) is 5.56 Å². The number of hydrogen-bond donors (Lipinski definition) is 5. The lowest BCUT2D eigenvalue weighted by molar-refractivity contribution is -0.137. The summed E-state index contributed by atoms with van der Waals surface area (Å²) in [5.74, 6) is -2.55. The summed E-state index contributed by atoms with van der Waals surface area (Å²) < 4.78 is 41.3. The van der Waals surface area contributed by atoms with Gasteiger partial charge in [-0.2, -0.15) is 0 Å². The fourth-order valence-electron chi connectivity index (χ4n) is 3.17. The summed E-state index contributed by atoms with van der Waals surface area (Å²) in [5.41, 5.74) is 11.5. The molecule has 0 aliphatic carbocycles. The van der Waals surface area contributed by atoms with E-state index in [4.69, 9.17) is 11.5 Å². The van der Waals surface area contributed by atoms with E-state index in [2.05, 4.69) is 15.0 Å². The lowest BCUT2D eigenvalue weighted by Crippen LogP contribution is -2.30. The van der Waals surface area contributed by atoms with Crippen LogP contribution >= 0.6 is 0 Å². The number of carbonyl (C=O) groups is 2. The van der Waals surface area contributed by atoms with Crippen LogP contribution in [-0.2, 0) is 14.8 Å². The van der Waals surface area contributed by atoms with Gasteiger partial charge in [-0.3, -0.25) is 14.3 Å². The van der Waals surface area contributed by atoms with Crippen molar-refractivity contribution < 1.29 is 27.5 Å². The second kappa shape index (κ2) is 10.7. The van der Waals surface area contributed by atoms with Gasteiger partial charge in [0.1, 0.15) is 5.82 Å². The van der Waals surface area contributed by atoms with Crippen LogP contribution in [0.25, 0.3) is 0 Å². The first-order chi connectivity index (χ1) is 16.5. The first-order valence-electron chi connectivity index (χ1n) is 10.1. The van der Waals surface area contributed by atoms with Gasteiger partial charge in [0.2, 0.25) is 0 Å². The highest BCUT2D eigenvalue weighted by molar-refractivity contribution is 7.92. The molecule has 0 aliphatic rings. The number of guanidine groups is 1. The number of halogens is 1. The molecule has 10 nitrogen and oxygen atoms in total. The molecule has 182 valence electrons. The molecule has 3 aromatic rings. The van der Waals surface area contributed by atoms with E-state index in [9.17, 15) is 27.5 Å². The van der Waals surface area contributed by atoms with Gasteiger partial charge >= 0.3 is 5.97 Å². The third-order valence-electron chi connectivity index (χ3n) is 4.72. The number of nitrogens with one attached hydrogen (secondary N) is 2. The molecular weight excluding hydrogens is 477 g/mol. The zero-order chi connectivity index (χ0) is 25.6. The molecule has 7 N–H and O–H groups in total. The smallest absolute Gasteiger partial charge is 0.305 e. The molecular formula is C23H22FN5O5S. The van der Waals surface area contributed by atoms with Crippen molar-refractivity contribution in [2.45, 2.75) is 17.4 Å². The zero-order valence-corrected chi connectivity index (χ0v) is 19.0. The number of aliphatic imine (C=N–C) groups is 1. The number of carboxylic acid groups (broad SMARTS) is 1. The van der Waals surface area contributed by atoms with Crippen molar-refractivity contribution in [1.82, 2.24) is 5.32 Å². The quantitative estimate of drug-likeness (QED) is 0.222. The maximum Gasteiger partial charge on any atom is 0.305 e. The number of benzene rings is 3. The van der Waals surface area contributed by atoms with E-state index in [1.54, 1.807) is 6.07 Å². The van der Waals surface area contributed by atoms with Gasteiger partial charge in [0, 0.05) is 11.3 Å². The number of amides is 1. The minimum Gasteiger partial charge on any atom is -0.481 e. The van der Waals surface area contributed by atoms with Crippen LogP contribution in [0.15, 0.2) is 82.7 Å². The average molecular weight is 500 g/mol. The average Bonchev–Trinajstić information content (AvgIpc) is 2.78. The van der Waals surface area contributed by atoms with E-state index in [1.807, 2.05) is 0 Å². The monoisotopic (exact) mass is 499 g/mol. The molecule has 0 heterocycles. The third-order valence-corrected chi connectivity index (χ3v) is 6.10. The molecule has 1 unspecified atom stereocenters. The Hall–Kier alpha value is -4.45. The van der Waals surface area contributed by atoms with Crippen LogP contribution in [0.1, 0.15) is 28.4 Å². The molecule has 3 rings (SSSR count). The van der Waals surface area contributed by atoms with Crippen LogP contribution in [0.2, 0.25) is 0 Å². The molecule has 0 fully saturated rings. The molecule has 35 heavy (non-hydrogen) atoms. The number of rotatable bonds is 9. The van der Waals surface area contributed by atoms with Gasteiger partial charge in [0.05, 0.1) is 23.0 Å². The minimum absolute atomic E-state index is 0.0999. The standard InChI is InChI=1S/C23H22FN5O5S/c24-16-9-7-14(8-10-16)22(32)28-20(13-21(30)31)15-3-1-5-18(11-15)29-35(33,34)19-6-2-4-17(12-19)27-23(25)26/h1-12,20,29H,13H2,(H,28,32)(H,30,31)(H4,25,26,27). The zero-order valence-electron chi connectivity index (χ0n) is 18.2. The van der Waals surface area contributed by atoms with Crippen LogP contribution in [0.4, 0.5) is 15.8 Å². The second-order valence-corrected chi connectivity index (χ2v) is 9.08. The molecule has 0 spiro atoms. The van der Waals surface area contributed by atoms with Crippen LogP contribution < -0.4 is 21.5 Å². The van der Waals surface area contributed by atoms with Gasteiger partial charge in [-0.1, -0.05) is 18.2 Å². The molecule has 12 heteroatoms. The summed E-state index contributed by atoms with van der Waals surface area (Å²) in [6.45, 7) is 0. The van der Waals surface area contributed by atoms with Crippen molar-refractivity contribution in [1.29, 1.82) is 0 Å². The molecule has 0 bridgehead atoms. The van der Waals surface area contributed by atoms with Crippen LogP contribution in [0, 0.1) is 5.82 Å². The maximum absolute atomic E-state index is 13.1. The Balaban J connectivity index is 1.85. The van der Waals surface area contributed by atoms with Gasteiger partial charge in [0.25, 0.3) is 15.9 Å². The Bertz CT molecular complexity index is 1370. The molecule has 0 saturated heterocycles. The molecule has 0 radical (unpaired) electrons. The van der Waals surface area contributed by atoms with Gasteiger partial charge in [-0.05, 0) is 60.2 Å². The number of hydrogen-bond acceptors (Lipinski definition) is 5. The van der Waals surface area contributed by atoms with Gasteiger partial charge in [0.15, 0.2) is 5.96 Å². The fourth-order valence-corrected chi connectivity index (χ4v) is 4.26. The number of nitrogens with two attached hydrogens (primary N) is 2. The van der Waals surface area contributed by atoms with Crippen LogP contribution in [0.3, 0.4) is 0 Å². The lowest BCUT2D eigenvalue weighted by atomic mass is 10.0. The Morgan fingerprint density at radius 3 is 2.34 bits per heavy atom. The van der Waals surface area contributed by atoms with E-state index in [0.717, 1.165) is 12.1 Å². The highest BCUT2D eigenvalue weighted by Gasteiger charge is 2.21. The van der Waals surface area contributed by atoms with Gasteiger partial charge in [-0.15, -0.1) is 0 Å². The molecule has 1 atom stereocenters. The summed E-state index contributed by atoms with van der Waals surface area (Å²) in [4.78, 5) is 27.7. The summed E-state index contributed by atoms with van der Waals surface area (Å²) in [5, 5.41) is 11.9. The first kappa shape index (κ1) is 25.2. The van der Waals surface area contributed by atoms with Crippen molar-refractivity contribution in [3.63, 3.8) is 0 Å². The summed E-state index contributed by atoms with van der Waals surface area (Å²) >= 11 is 0. The number of nitrogens with zero attached hydrogens (tertiary/aromatic N) is 1. The van der Waals surface area contributed by atoms with Crippen LogP contribution in [0.5, 0.6) is 0 Å². The fraction of sp³-hybridized carbons (Fsp3) is 0.0870.